The van der Waals surface area contributed by atoms with Crippen molar-refractivity contribution in [2.45, 2.75) is 26.2 Å². The number of hydrogen-bond acceptors (Lipinski definition) is 3. The van der Waals surface area contributed by atoms with Crippen molar-refractivity contribution in [1.29, 1.82) is 0 Å². The van der Waals surface area contributed by atoms with Crippen molar-refractivity contribution in [3.05, 3.63) is 69.3 Å². The van der Waals surface area contributed by atoms with Gasteiger partial charge in [0, 0.05) is 29.4 Å². The van der Waals surface area contributed by atoms with Gasteiger partial charge in [-0.05, 0) is 43.0 Å². The normalized spacial score (nSPS) is 16.8. The van der Waals surface area contributed by atoms with E-state index >= 15 is 0 Å². The molecule has 0 aromatic heterocycles. The quantitative estimate of drug-likeness (QED) is 0.620. The Morgan fingerprint density at radius 3 is 2.70 bits per heavy atom. The lowest BCUT2D eigenvalue weighted by atomic mass is 9.91. The van der Waals surface area contributed by atoms with Crippen molar-refractivity contribution in [1.82, 2.24) is 0 Å². The molecule has 0 N–H and O–H groups in total. The van der Waals surface area contributed by atoms with Crippen LogP contribution >= 0.6 is 0 Å². The summed E-state index contributed by atoms with van der Waals surface area (Å²) in [5.74, 6) is 0.316. The van der Waals surface area contributed by atoms with Crippen molar-refractivity contribution < 1.29 is 9.72 Å². The molecule has 2 aromatic carbocycles. The number of para-hydroxylation sites is 1. The Hall–Kier alpha value is -2.69. The lowest BCUT2D eigenvalue weighted by molar-refractivity contribution is -0.385. The SMILES string of the molecule is Cc1cc(C(=O)N2CCC(C)c3ccccc32)ccc1[N+](=O)[O-]. The van der Waals surface area contributed by atoms with Gasteiger partial charge < -0.3 is 4.90 Å². The maximum atomic E-state index is 12.9. The van der Waals surface area contributed by atoms with E-state index in [1.807, 2.05) is 18.2 Å². The molecule has 1 aliphatic rings. The second-order valence-corrected chi connectivity index (χ2v) is 5.96. The zero-order valence-corrected chi connectivity index (χ0v) is 13.2. The van der Waals surface area contributed by atoms with Gasteiger partial charge in [-0.1, -0.05) is 25.1 Å². The van der Waals surface area contributed by atoms with Gasteiger partial charge in [0.15, 0.2) is 0 Å². The fraction of sp³-hybridized carbons (Fsp3) is 0.278. The number of nitro benzene ring substituents is 1. The molecule has 0 saturated heterocycles. The molecule has 1 amide bonds. The van der Waals surface area contributed by atoms with Crippen LogP contribution in [-0.4, -0.2) is 17.4 Å². The Kier molecular flexibility index (Phi) is 3.86. The highest BCUT2D eigenvalue weighted by Crippen LogP contribution is 2.35. The maximum absolute atomic E-state index is 12.9. The number of carbonyl (C=O) groups is 1. The molecule has 3 rings (SSSR count). The van der Waals surface area contributed by atoms with Crippen LogP contribution in [0.4, 0.5) is 11.4 Å². The lowest BCUT2D eigenvalue weighted by Gasteiger charge is -2.33. The van der Waals surface area contributed by atoms with Crippen molar-refractivity contribution >= 4 is 17.3 Å². The van der Waals surface area contributed by atoms with E-state index in [-0.39, 0.29) is 11.6 Å². The first-order valence-electron chi connectivity index (χ1n) is 7.65. The smallest absolute Gasteiger partial charge is 0.272 e. The summed E-state index contributed by atoms with van der Waals surface area (Å²) in [5.41, 5.74) is 3.13. The van der Waals surface area contributed by atoms with Gasteiger partial charge in [0.25, 0.3) is 11.6 Å². The first-order chi connectivity index (χ1) is 11.0. The molecule has 0 saturated carbocycles. The summed E-state index contributed by atoms with van der Waals surface area (Å²) in [4.78, 5) is 25.1. The molecule has 23 heavy (non-hydrogen) atoms. The first kappa shape index (κ1) is 15.2. The summed E-state index contributed by atoms with van der Waals surface area (Å²) in [5, 5.41) is 10.9. The van der Waals surface area contributed by atoms with E-state index < -0.39 is 4.92 Å². The van der Waals surface area contributed by atoms with E-state index in [2.05, 4.69) is 13.0 Å². The monoisotopic (exact) mass is 310 g/mol. The summed E-state index contributed by atoms with van der Waals surface area (Å²) in [6.07, 6.45) is 0.911. The molecule has 1 unspecified atom stereocenters. The topological polar surface area (TPSA) is 63.5 Å². The Morgan fingerprint density at radius 2 is 2.00 bits per heavy atom. The molecule has 1 heterocycles. The van der Waals surface area contributed by atoms with Crippen LogP contribution < -0.4 is 4.90 Å². The number of nitro groups is 1. The largest absolute Gasteiger partial charge is 0.308 e. The predicted molar refractivity (Wildman–Crippen MR) is 89.0 cm³/mol. The Morgan fingerprint density at radius 1 is 1.26 bits per heavy atom. The number of fused-ring (bicyclic) bond motifs is 1. The van der Waals surface area contributed by atoms with E-state index in [9.17, 15) is 14.9 Å². The number of aryl methyl sites for hydroxylation is 1. The molecule has 5 nitrogen and oxygen atoms in total. The number of nitrogens with zero attached hydrogens (tertiary/aromatic N) is 2. The number of hydrogen-bond donors (Lipinski definition) is 0. The van der Waals surface area contributed by atoms with Crippen molar-refractivity contribution in [2.75, 3.05) is 11.4 Å². The standard InChI is InChI=1S/C18H18N2O3/c1-12-9-10-19(17-6-4-3-5-15(12)17)18(21)14-7-8-16(20(22)23)13(2)11-14/h3-8,11-12H,9-10H2,1-2H3. The second kappa shape index (κ2) is 5.83. The molecular formula is C18H18N2O3. The fourth-order valence-electron chi connectivity index (χ4n) is 3.11. The molecule has 2 aromatic rings. The summed E-state index contributed by atoms with van der Waals surface area (Å²) >= 11 is 0. The van der Waals surface area contributed by atoms with Gasteiger partial charge in [-0.3, -0.25) is 14.9 Å². The molecule has 0 radical (unpaired) electrons. The van der Waals surface area contributed by atoms with Gasteiger partial charge >= 0.3 is 0 Å². The van der Waals surface area contributed by atoms with Crippen LogP contribution in [0.25, 0.3) is 0 Å². The van der Waals surface area contributed by atoms with Crippen LogP contribution in [-0.2, 0) is 0 Å². The van der Waals surface area contributed by atoms with Crippen LogP contribution in [0.3, 0.4) is 0 Å². The van der Waals surface area contributed by atoms with Gasteiger partial charge in [0.2, 0.25) is 0 Å². The number of carbonyl (C=O) groups excluding carboxylic acids is 1. The van der Waals surface area contributed by atoms with Crippen LogP contribution in [0.2, 0.25) is 0 Å². The van der Waals surface area contributed by atoms with Gasteiger partial charge in [-0.15, -0.1) is 0 Å². The summed E-state index contributed by atoms with van der Waals surface area (Å²) in [6.45, 7) is 4.48. The second-order valence-electron chi connectivity index (χ2n) is 5.96. The lowest BCUT2D eigenvalue weighted by Crippen LogP contribution is -2.36. The van der Waals surface area contributed by atoms with Crippen LogP contribution in [0.1, 0.15) is 40.7 Å². The van der Waals surface area contributed by atoms with E-state index in [0.29, 0.717) is 23.6 Å². The fourth-order valence-corrected chi connectivity index (χ4v) is 3.11. The van der Waals surface area contributed by atoms with Crippen LogP contribution in [0.5, 0.6) is 0 Å². The van der Waals surface area contributed by atoms with Crippen LogP contribution in [0, 0.1) is 17.0 Å². The van der Waals surface area contributed by atoms with Crippen molar-refractivity contribution in [3.8, 4) is 0 Å². The molecule has 5 heteroatoms. The third-order valence-electron chi connectivity index (χ3n) is 4.43. The van der Waals surface area contributed by atoms with Crippen molar-refractivity contribution in [2.24, 2.45) is 0 Å². The van der Waals surface area contributed by atoms with Crippen LogP contribution in [0.15, 0.2) is 42.5 Å². The Bertz CT molecular complexity index is 786. The highest BCUT2D eigenvalue weighted by Gasteiger charge is 2.27. The highest BCUT2D eigenvalue weighted by molar-refractivity contribution is 6.07. The third kappa shape index (κ3) is 2.70. The minimum absolute atomic E-state index is 0.0363. The van der Waals surface area contributed by atoms with Crippen molar-refractivity contribution in [3.63, 3.8) is 0 Å². The Balaban J connectivity index is 1.97. The summed E-state index contributed by atoms with van der Waals surface area (Å²) in [7, 11) is 0. The molecule has 1 aliphatic heterocycles. The molecular weight excluding hydrogens is 292 g/mol. The van der Waals surface area contributed by atoms with E-state index in [4.69, 9.17) is 0 Å². The molecule has 0 spiro atoms. The van der Waals surface area contributed by atoms with Gasteiger partial charge in [-0.2, -0.15) is 0 Å². The zero-order valence-electron chi connectivity index (χ0n) is 13.2. The minimum atomic E-state index is -0.429. The first-order valence-corrected chi connectivity index (χ1v) is 7.65. The third-order valence-corrected chi connectivity index (χ3v) is 4.43. The number of anilines is 1. The number of benzene rings is 2. The van der Waals surface area contributed by atoms with Gasteiger partial charge in [-0.25, -0.2) is 0 Å². The number of rotatable bonds is 2. The molecule has 0 fully saturated rings. The van der Waals surface area contributed by atoms with E-state index in [0.717, 1.165) is 12.1 Å². The summed E-state index contributed by atoms with van der Waals surface area (Å²) in [6, 6.07) is 12.5. The average molecular weight is 310 g/mol. The average Bonchev–Trinajstić information content (AvgIpc) is 2.54. The summed E-state index contributed by atoms with van der Waals surface area (Å²) < 4.78 is 0. The van der Waals surface area contributed by atoms with Gasteiger partial charge in [0.05, 0.1) is 4.92 Å². The Labute approximate surface area is 134 Å². The highest BCUT2D eigenvalue weighted by atomic mass is 16.6. The molecule has 1 atom stereocenters. The van der Waals surface area contributed by atoms with E-state index in [1.165, 1.54) is 17.7 Å². The molecule has 118 valence electrons. The van der Waals surface area contributed by atoms with E-state index in [1.54, 1.807) is 17.9 Å². The minimum Gasteiger partial charge on any atom is -0.308 e. The zero-order chi connectivity index (χ0) is 16.6. The maximum Gasteiger partial charge on any atom is 0.272 e. The predicted octanol–water partition coefficient (Wildman–Crippen LogP) is 4.06. The van der Waals surface area contributed by atoms with Gasteiger partial charge in [0.1, 0.15) is 0 Å². The number of amides is 1. The molecule has 0 bridgehead atoms. The molecule has 0 aliphatic carbocycles.